The number of methoxy groups -OCH3 is 1. The maximum absolute atomic E-state index is 13.1. The topological polar surface area (TPSA) is 106 Å². The summed E-state index contributed by atoms with van der Waals surface area (Å²) in [6.45, 7) is 10.8. The number of hydrogen-bond donors (Lipinski definition) is 3. The van der Waals surface area contributed by atoms with Crippen molar-refractivity contribution >= 4 is 28.6 Å². The Labute approximate surface area is 225 Å². The number of ketones is 1. The molecule has 0 aliphatic heterocycles. The summed E-state index contributed by atoms with van der Waals surface area (Å²) in [4.78, 5) is 21.9. The van der Waals surface area contributed by atoms with E-state index in [0.29, 0.717) is 30.8 Å². The molecule has 1 aliphatic carbocycles. The minimum Gasteiger partial charge on any atom is -0.504 e. The zero-order chi connectivity index (χ0) is 27.8. The van der Waals surface area contributed by atoms with Gasteiger partial charge >= 0.3 is 0 Å². The number of Topliss-reactive ketones (excluding diaryl/α,β-unsaturated/α-hetero) is 1. The van der Waals surface area contributed by atoms with Gasteiger partial charge in [-0.25, -0.2) is 4.99 Å². The molecule has 0 fully saturated rings. The number of allylic oxidation sites excluding steroid dienone is 3. The van der Waals surface area contributed by atoms with Crippen molar-refractivity contribution < 1.29 is 24.9 Å². The highest BCUT2D eigenvalue weighted by atomic mass is 16.5. The second-order valence-corrected chi connectivity index (χ2v) is 9.24. The van der Waals surface area contributed by atoms with Crippen LogP contribution in [0.3, 0.4) is 0 Å². The van der Waals surface area contributed by atoms with Crippen LogP contribution in [0, 0.1) is 13.8 Å². The lowest BCUT2D eigenvalue weighted by Gasteiger charge is -2.23. The number of aryl methyl sites for hydroxylation is 2. The smallest absolute Gasteiger partial charge is 0.249 e. The highest BCUT2D eigenvalue weighted by Gasteiger charge is 2.29. The van der Waals surface area contributed by atoms with Crippen LogP contribution in [0.1, 0.15) is 30.5 Å². The molecule has 0 atom stereocenters. The summed E-state index contributed by atoms with van der Waals surface area (Å²) in [6.07, 6.45) is 2.03. The summed E-state index contributed by atoms with van der Waals surface area (Å²) in [5.74, 6) is -0.766. The van der Waals surface area contributed by atoms with Crippen LogP contribution in [0.2, 0.25) is 0 Å². The fraction of sp³-hybridized carbons (Fsp3) is 0.400. The Balaban J connectivity index is 1.96. The van der Waals surface area contributed by atoms with Gasteiger partial charge in [-0.1, -0.05) is 6.07 Å². The van der Waals surface area contributed by atoms with Crippen molar-refractivity contribution in [1.29, 1.82) is 0 Å². The molecule has 0 bridgehead atoms. The molecule has 1 aliphatic rings. The lowest BCUT2D eigenvalue weighted by Crippen LogP contribution is -2.26. The molecule has 0 spiro atoms. The van der Waals surface area contributed by atoms with E-state index in [1.807, 2.05) is 58.0 Å². The molecular formula is C30H39N3O5. The number of aliphatic hydroxyl groups excluding tert-OH is 3. The number of carbonyl (C=O) groups excluding carboxylic acids is 1. The largest absolute Gasteiger partial charge is 0.504 e. The Kier molecular flexibility index (Phi) is 10.1. The van der Waals surface area contributed by atoms with Gasteiger partial charge in [0.15, 0.2) is 5.76 Å². The molecule has 2 aromatic carbocycles. The lowest BCUT2D eigenvalue weighted by atomic mass is 9.93. The van der Waals surface area contributed by atoms with E-state index < -0.39 is 5.78 Å². The van der Waals surface area contributed by atoms with Gasteiger partial charge in [0.25, 0.3) is 0 Å². The molecule has 0 amide bonds. The van der Waals surface area contributed by atoms with Crippen molar-refractivity contribution in [2.45, 2.75) is 34.1 Å². The maximum Gasteiger partial charge on any atom is 0.249 e. The third kappa shape index (κ3) is 6.44. The molecule has 3 N–H and O–H groups in total. The average molecular weight is 522 g/mol. The fourth-order valence-corrected chi connectivity index (χ4v) is 4.63. The number of hydrogen-bond acceptors (Lipinski definition) is 8. The molecule has 3 rings (SSSR count). The van der Waals surface area contributed by atoms with Crippen molar-refractivity contribution in [2.24, 2.45) is 4.99 Å². The second kappa shape index (κ2) is 13.3. The summed E-state index contributed by atoms with van der Waals surface area (Å²) < 4.78 is 5.29. The number of carbonyl (C=O) groups is 1. The Morgan fingerprint density at radius 1 is 0.895 bits per heavy atom. The van der Waals surface area contributed by atoms with E-state index in [1.54, 1.807) is 6.08 Å². The minimum absolute atomic E-state index is 0.0658. The highest BCUT2D eigenvalue weighted by molar-refractivity contribution is 6.50. The van der Waals surface area contributed by atoms with E-state index in [1.165, 1.54) is 7.11 Å². The Morgan fingerprint density at radius 3 is 1.97 bits per heavy atom. The molecule has 0 saturated heterocycles. The molecule has 0 unspecified atom stereocenters. The van der Waals surface area contributed by atoms with E-state index >= 15 is 0 Å². The summed E-state index contributed by atoms with van der Waals surface area (Å²) >= 11 is 0. The van der Waals surface area contributed by atoms with Gasteiger partial charge in [-0.15, -0.1) is 0 Å². The van der Waals surface area contributed by atoms with E-state index in [9.17, 15) is 20.1 Å². The number of ether oxygens (including phenoxy) is 1. The van der Waals surface area contributed by atoms with Crippen molar-refractivity contribution in [3.8, 4) is 0 Å². The number of aliphatic imine (C=N–C) groups is 1. The number of benzene rings is 2. The standard InChI is InChI=1S/C30H39N3O5/c1-6-32(12-14-34)24-9-8-22(20(3)16-24)18-23-19-27(29(37)30(38-5)28(23)36)31-26-11-10-25(17-21(26)4)33(7-2)13-15-35/h8-11,16-17,19,34-36H,6-7,12-15,18H2,1-5H3. The Hall–Kier alpha value is -3.62. The maximum atomic E-state index is 13.1. The number of rotatable bonds is 12. The van der Waals surface area contributed by atoms with Crippen LogP contribution in [0.25, 0.3) is 0 Å². The normalized spacial score (nSPS) is 14.7. The van der Waals surface area contributed by atoms with Crippen molar-refractivity contribution in [3.63, 3.8) is 0 Å². The second-order valence-electron chi connectivity index (χ2n) is 9.24. The summed E-state index contributed by atoms with van der Waals surface area (Å²) in [7, 11) is 1.37. The predicted molar refractivity (Wildman–Crippen MR) is 153 cm³/mol. The van der Waals surface area contributed by atoms with E-state index in [0.717, 1.165) is 41.2 Å². The molecule has 8 heteroatoms. The predicted octanol–water partition coefficient (Wildman–Crippen LogP) is 4.18. The molecule has 38 heavy (non-hydrogen) atoms. The van der Waals surface area contributed by atoms with Crippen LogP contribution < -0.4 is 9.80 Å². The van der Waals surface area contributed by atoms with Gasteiger partial charge in [0.1, 0.15) is 5.71 Å². The van der Waals surface area contributed by atoms with Crippen LogP contribution in [-0.2, 0) is 16.0 Å². The van der Waals surface area contributed by atoms with Gasteiger partial charge in [-0.3, -0.25) is 4.79 Å². The first kappa shape index (κ1) is 28.9. The van der Waals surface area contributed by atoms with Crippen molar-refractivity contribution in [2.75, 3.05) is 56.3 Å². The van der Waals surface area contributed by atoms with Crippen LogP contribution in [0.5, 0.6) is 0 Å². The first-order valence-corrected chi connectivity index (χ1v) is 13.0. The van der Waals surface area contributed by atoms with Crippen LogP contribution in [0.15, 0.2) is 64.6 Å². The number of likely N-dealkylation sites (N-methyl/N-ethyl adjacent to an activating group) is 2. The lowest BCUT2D eigenvalue weighted by molar-refractivity contribution is -0.112. The average Bonchev–Trinajstić information content (AvgIpc) is 2.91. The zero-order valence-corrected chi connectivity index (χ0v) is 23.0. The van der Waals surface area contributed by atoms with Crippen LogP contribution in [0.4, 0.5) is 17.1 Å². The zero-order valence-electron chi connectivity index (χ0n) is 23.0. The summed E-state index contributed by atoms with van der Waals surface area (Å²) in [5.41, 5.74) is 6.32. The Bertz CT molecular complexity index is 1250. The van der Waals surface area contributed by atoms with Gasteiger partial charge in [-0.05, 0) is 80.8 Å². The highest BCUT2D eigenvalue weighted by Crippen LogP contribution is 2.30. The number of aliphatic hydroxyl groups is 3. The Morgan fingerprint density at radius 2 is 1.47 bits per heavy atom. The molecule has 2 aromatic rings. The third-order valence-electron chi connectivity index (χ3n) is 6.84. The number of nitrogens with zero attached hydrogens (tertiary/aromatic N) is 3. The molecule has 0 saturated carbocycles. The van der Waals surface area contributed by atoms with E-state index in [-0.39, 0.29) is 30.4 Å². The van der Waals surface area contributed by atoms with Gasteiger partial charge in [0.05, 0.1) is 26.0 Å². The monoisotopic (exact) mass is 521 g/mol. The quantitative estimate of drug-likeness (QED) is 0.360. The molecule has 204 valence electrons. The fourth-order valence-electron chi connectivity index (χ4n) is 4.63. The molecule has 8 nitrogen and oxygen atoms in total. The van der Waals surface area contributed by atoms with Crippen molar-refractivity contribution in [1.82, 2.24) is 0 Å². The van der Waals surface area contributed by atoms with Gasteiger partial charge in [0, 0.05) is 49.5 Å². The third-order valence-corrected chi connectivity index (χ3v) is 6.84. The van der Waals surface area contributed by atoms with E-state index in [2.05, 4.69) is 20.9 Å². The van der Waals surface area contributed by atoms with Crippen molar-refractivity contribution in [3.05, 3.63) is 76.3 Å². The van der Waals surface area contributed by atoms with Gasteiger partial charge in [0.2, 0.25) is 11.5 Å². The molecular weight excluding hydrogens is 482 g/mol. The molecule has 0 heterocycles. The molecule has 0 radical (unpaired) electrons. The minimum atomic E-state index is -0.470. The van der Waals surface area contributed by atoms with Gasteiger partial charge in [-0.2, -0.15) is 0 Å². The van der Waals surface area contributed by atoms with Crippen LogP contribution in [-0.4, -0.2) is 73.3 Å². The first-order chi connectivity index (χ1) is 18.3. The van der Waals surface area contributed by atoms with E-state index in [4.69, 9.17) is 4.74 Å². The number of anilines is 2. The van der Waals surface area contributed by atoms with Gasteiger partial charge < -0.3 is 29.9 Å². The summed E-state index contributed by atoms with van der Waals surface area (Å²) in [6, 6.07) is 11.9. The summed E-state index contributed by atoms with van der Waals surface area (Å²) in [5, 5.41) is 29.5. The van der Waals surface area contributed by atoms with Crippen LogP contribution >= 0.6 is 0 Å². The SMILES string of the molecule is CCN(CCO)c1ccc(CC2=CC(=Nc3ccc(N(CC)CCO)cc3C)C(=O)C(OC)=C2O)c(C)c1. The first-order valence-electron chi connectivity index (χ1n) is 13.0. The molecule has 0 aromatic heterocycles.